The topological polar surface area (TPSA) is 92.6 Å². The highest BCUT2D eigenvalue weighted by Crippen LogP contribution is 2.34. The van der Waals surface area contributed by atoms with Crippen LogP contribution in [0.4, 0.5) is 17.1 Å². The smallest absolute Gasteiger partial charge is 0.292 e. The van der Waals surface area contributed by atoms with E-state index in [1.54, 1.807) is 67.7 Å². The molecule has 0 bridgehead atoms. The standard InChI is InChI=1S/C24H19N3O4/c1-15-6-5-7-17(12-15)26-23(28)19-9-4-3-8-18(19)20(24(26)29)13-16-10-11-21(25-2)22(14-16)27(30)31/h3-14,25H,1-2H3/b20-13-. The first kappa shape index (κ1) is 20.0. The largest absolute Gasteiger partial charge is 0.383 e. The molecule has 0 saturated heterocycles. The summed E-state index contributed by atoms with van der Waals surface area (Å²) in [6.07, 6.45) is 1.59. The van der Waals surface area contributed by atoms with Gasteiger partial charge in [0.1, 0.15) is 5.69 Å². The highest BCUT2D eigenvalue weighted by atomic mass is 16.6. The van der Waals surface area contributed by atoms with Crippen LogP contribution in [0.25, 0.3) is 11.6 Å². The van der Waals surface area contributed by atoms with E-state index in [-0.39, 0.29) is 5.69 Å². The molecule has 154 valence electrons. The molecule has 0 spiro atoms. The number of amides is 2. The molecule has 0 atom stereocenters. The van der Waals surface area contributed by atoms with Crippen molar-refractivity contribution in [3.63, 3.8) is 0 Å². The Morgan fingerprint density at radius 1 is 0.935 bits per heavy atom. The zero-order valence-electron chi connectivity index (χ0n) is 17.0. The number of fused-ring (bicyclic) bond motifs is 1. The minimum absolute atomic E-state index is 0.0972. The van der Waals surface area contributed by atoms with Crippen LogP contribution in [0.5, 0.6) is 0 Å². The second kappa shape index (κ2) is 7.87. The van der Waals surface area contributed by atoms with E-state index in [0.717, 1.165) is 10.5 Å². The van der Waals surface area contributed by atoms with Gasteiger partial charge in [-0.05, 0) is 54.0 Å². The number of nitro benzene ring substituents is 1. The summed E-state index contributed by atoms with van der Waals surface area (Å²) in [6, 6.07) is 18.7. The van der Waals surface area contributed by atoms with E-state index in [1.165, 1.54) is 6.07 Å². The van der Waals surface area contributed by atoms with E-state index >= 15 is 0 Å². The lowest BCUT2D eigenvalue weighted by molar-refractivity contribution is -0.384. The fourth-order valence-corrected chi connectivity index (χ4v) is 3.66. The van der Waals surface area contributed by atoms with Crippen LogP contribution >= 0.6 is 0 Å². The molecule has 4 rings (SSSR count). The normalized spacial score (nSPS) is 14.5. The lowest BCUT2D eigenvalue weighted by atomic mass is 9.91. The molecule has 3 aromatic carbocycles. The number of hydrogen-bond acceptors (Lipinski definition) is 5. The Morgan fingerprint density at radius 3 is 2.35 bits per heavy atom. The number of hydrogen-bond donors (Lipinski definition) is 1. The minimum atomic E-state index is -0.479. The Balaban J connectivity index is 1.90. The summed E-state index contributed by atoms with van der Waals surface area (Å²) >= 11 is 0. The maximum Gasteiger partial charge on any atom is 0.292 e. The van der Waals surface area contributed by atoms with Crippen molar-refractivity contribution in [2.75, 3.05) is 17.3 Å². The molecule has 1 aliphatic heterocycles. The first-order valence-corrected chi connectivity index (χ1v) is 9.63. The van der Waals surface area contributed by atoms with Crippen LogP contribution < -0.4 is 10.2 Å². The molecule has 1 N–H and O–H groups in total. The van der Waals surface area contributed by atoms with Gasteiger partial charge in [0.2, 0.25) is 0 Å². The monoisotopic (exact) mass is 413 g/mol. The van der Waals surface area contributed by atoms with E-state index < -0.39 is 16.7 Å². The predicted molar refractivity (Wildman–Crippen MR) is 120 cm³/mol. The number of aryl methyl sites for hydroxylation is 1. The van der Waals surface area contributed by atoms with Crippen LogP contribution in [0, 0.1) is 17.0 Å². The second-order valence-electron chi connectivity index (χ2n) is 7.17. The molecule has 3 aromatic rings. The van der Waals surface area contributed by atoms with Gasteiger partial charge in [0.15, 0.2) is 0 Å². The van der Waals surface area contributed by atoms with E-state index in [2.05, 4.69) is 5.32 Å². The summed E-state index contributed by atoms with van der Waals surface area (Å²) in [4.78, 5) is 38.7. The lowest BCUT2D eigenvalue weighted by Crippen LogP contribution is -2.41. The Labute approximate surface area is 178 Å². The maximum absolute atomic E-state index is 13.4. The average molecular weight is 413 g/mol. The highest BCUT2D eigenvalue weighted by molar-refractivity contribution is 6.43. The molecule has 1 heterocycles. The summed E-state index contributed by atoms with van der Waals surface area (Å²) in [5, 5.41) is 14.2. The molecule has 0 unspecified atom stereocenters. The van der Waals surface area contributed by atoms with Crippen LogP contribution in [-0.2, 0) is 4.79 Å². The van der Waals surface area contributed by atoms with E-state index in [1.807, 2.05) is 13.0 Å². The van der Waals surface area contributed by atoms with Gasteiger partial charge in [-0.2, -0.15) is 0 Å². The fourth-order valence-electron chi connectivity index (χ4n) is 3.66. The van der Waals surface area contributed by atoms with Crippen molar-refractivity contribution in [2.24, 2.45) is 0 Å². The summed E-state index contributed by atoms with van der Waals surface area (Å²) in [7, 11) is 1.60. The molecule has 31 heavy (non-hydrogen) atoms. The number of rotatable bonds is 4. The van der Waals surface area contributed by atoms with Crippen molar-refractivity contribution in [3.8, 4) is 0 Å². The predicted octanol–water partition coefficient (Wildman–Crippen LogP) is 4.67. The summed E-state index contributed by atoms with van der Waals surface area (Å²) < 4.78 is 0. The van der Waals surface area contributed by atoms with Crippen molar-refractivity contribution in [1.29, 1.82) is 0 Å². The third kappa shape index (κ3) is 3.57. The molecule has 0 radical (unpaired) electrons. The molecular weight excluding hydrogens is 394 g/mol. The molecule has 2 amide bonds. The third-order valence-corrected chi connectivity index (χ3v) is 5.14. The molecule has 0 aliphatic carbocycles. The van der Waals surface area contributed by atoms with Crippen molar-refractivity contribution < 1.29 is 14.5 Å². The number of anilines is 2. The Morgan fingerprint density at radius 2 is 1.68 bits per heavy atom. The number of benzene rings is 3. The Kier molecular flexibility index (Phi) is 5.09. The van der Waals surface area contributed by atoms with Gasteiger partial charge in [-0.1, -0.05) is 36.4 Å². The van der Waals surface area contributed by atoms with Gasteiger partial charge < -0.3 is 5.32 Å². The SMILES string of the molecule is CNc1ccc(/C=C2\C(=O)N(c3cccc(C)c3)C(=O)c3ccccc32)cc1[N+](=O)[O-]. The van der Waals surface area contributed by atoms with Gasteiger partial charge in [-0.15, -0.1) is 0 Å². The lowest BCUT2D eigenvalue weighted by Gasteiger charge is -2.29. The van der Waals surface area contributed by atoms with E-state index in [0.29, 0.717) is 33.6 Å². The third-order valence-electron chi connectivity index (χ3n) is 5.14. The zero-order chi connectivity index (χ0) is 22.1. The number of nitrogens with one attached hydrogen (secondary N) is 1. The maximum atomic E-state index is 13.4. The quantitative estimate of drug-likeness (QED) is 0.290. The van der Waals surface area contributed by atoms with Crippen molar-refractivity contribution in [2.45, 2.75) is 6.92 Å². The van der Waals surface area contributed by atoms with Gasteiger partial charge in [0, 0.05) is 24.3 Å². The molecular formula is C24H19N3O4. The molecule has 0 fully saturated rings. The Bertz CT molecular complexity index is 1260. The number of carbonyl (C=O) groups excluding carboxylic acids is 2. The zero-order valence-corrected chi connectivity index (χ0v) is 17.0. The average Bonchev–Trinajstić information content (AvgIpc) is 2.76. The first-order chi connectivity index (χ1) is 14.9. The van der Waals surface area contributed by atoms with E-state index in [4.69, 9.17) is 0 Å². The van der Waals surface area contributed by atoms with Crippen LogP contribution in [0.15, 0.2) is 66.7 Å². The highest BCUT2D eigenvalue weighted by Gasteiger charge is 2.35. The number of nitrogens with zero attached hydrogens (tertiary/aromatic N) is 2. The fraction of sp³-hybridized carbons (Fsp3) is 0.0833. The Hall–Kier alpha value is -4.26. The van der Waals surface area contributed by atoms with E-state index in [9.17, 15) is 19.7 Å². The molecule has 0 saturated carbocycles. The van der Waals surface area contributed by atoms with Crippen molar-refractivity contribution in [1.82, 2.24) is 0 Å². The van der Waals surface area contributed by atoms with Crippen LogP contribution in [0.3, 0.4) is 0 Å². The van der Waals surface area contributed by atoms with Gasteiger partial charge in [0.05, 0.1) is 10.6 Å². The molecule has 0 aromatic heterocycles. The summed E-state index contributed by atoms with van der Waals surface area (Å²) in [5.74, 6) is -0.880. The van der Waals surface area contributed by atoms with Gasteiger partial charge in [0.25, 0.3) is 17.5 Å². The summed E-state index contributed by atoms with van der Waals surface area (Å²) in [6.45, 7) is 1.88. The molecule has 1 aliphatic rings. The van der Waals surface area contributed by atoms with Crippen LogP contribution in [0.1, 0.15) is 27.0 Å². The van der Waals surface area contributed by atoms with Crippen LogP contribution in [0.2, 0.25) is 0 Å². The number of nitro groups is 1. The van der Waals surface area contributed by atoms with Crippen molar-refractivity contribution >= 4 is 40.5 Å². The van der Waals surface area contributed by atoms with Crippen molar-refractivity contribution in [3.05, 3.63) is 99.1 Å². The first-order valence-electron chi connectivity index (χ1n) is 9.63. The van der Waals surface area contributed by atoms with Gasteiger partial charge in [-0.3, -0.25) is 19.7 Å². The van der Waals surface area contributed by atoms with Gasteiger partial charge >= 0.3 is 0 Å². The molecule has 7 heteroatoms. The summed E-state index contributed by atoms with van der Waals surface area (Å²) in [5.41, 5.74) is 3.36. The molecule has 7 nitrogen and oxygen atoms in total. The minimum Gasteiger partial charge on any atom is -0.383 e. The van der Waals surface area contributed by atoms with Gasteiger partial charge in [-0.25, -0.2) is 4.90 Å². The second-order valence-corrected chi connectivity index (χ2v) is 7.17. The number of imide groups is 1. The number of carbonyl (C=O) groups is 2. The van der Waals surface area contributed by atoms with Crippen LogP contribution in [-0.4, -0.2) is 23.8 Å².